The largest absolute Gasteiger partial charge is 0.324 e. The molecule has 1 N–H and O–H groups in total. The first-order valence-corrected chi connectivity index (χ1v) is 7.94. The molecule has 4 aromatic rings. The molecule has 0 bridgehead atoms. The molecular weight excluding hydrogens is 298 g/mol. The lowest BCUT2D eigenvalue weighted by Crippen LogP contribution is -2.23. The van der Waals surface area contributed by atoms with E-state index in [4.69, 9.17) is 0 Å². The number of benzene rings is 3. The van der Waals surface area contributed by atoms with Crippen molar-refractivity contribution in [3.8, 4) is 0 Å². The van der Waals surface area contributed by atoms with Crippen molar-refractivity contribution >= 4 is 33.4 Å². The maximum absolute atomic E-state index is 12.7. The molecule has 1 atom stereocenters. The third-order valence-electron chi connectivity index (χ3n) is 4.33. The van der Waals surface area contributed by atoms with Crippen LogP contribution in [0.2, 0.25) is 0 Å². The summed E-state index contributed by atoms with van der Waals surface area (Å²) in [5.74, 6) is -0.0606. The Hall–Kier alpha value is -3.14. The summed E-state index contributed by atoms with van der Waals surface area (Å²) in [6, 6.07) is 21.4. The topological polar surface area (TPSA) is 46.9 Å². The average Bonchev–Trinajstić information content (AvgIpc) is 3.05. The highest BCUT2D eigenvalue weighted by Crippen LogP contribution is 2.24. The SMILES string of the molecule is CC(C(=O)Nc1cccc2ccccc12)n1cnc2ccccc21. The molecule has 1 unspecified atom stereocenters. The lowest BCUT2D eigenvalue weighted by atomic mass is 10.1. The van der Waals surface area contributed by atoms with Crippen molar-refractivity contribution in [3.63, 3.8) is 0 Å². The molecule has 3 aromatic carbocycles. The molecule has 0 fully saturated rings. The van der Waals surface area contributed by atoms with Gasteiger partial charge in [-0.05, 0) is 30.5 Å². The van der Waals surface area contributed by atoms with Gasteiger partial charge >= 0.3 is 0 Å². The number of rotatable bonds is 3. The number of aromatic nitrogens is 2. The van der Waals surface area contributed by atoms with Crippen LogP contribution in [0.1, 0.15) is 13.0 Å². The summed E-state index contributed by atoms with van der Waals surface area (Å²) in [4.78, 5) is 17.1. The van der Waals surface area contributed by atoms with Gasteiger partial charge in [0.2, 0.25) is 5.91 Å². The first-order valence-electron chi connectivity index (χ1n) is 7.94. The molecule has 4 rings (SSSR count). The zero-order chi connectivity index (χ0) is 16.5. The summed E-state index contributed by atoms with van der Waals surface area (Å²) < 4.78 is 1.90. The molecular formula is C20H17N3O. The normalized spacial score (nSPS) is 12.4. The lowest BCUT2D eigenvalue weighted by Gasteiger charge is -2.15. The van der Waals surface area contributed by atoms with E-state index in [0.717, 1.165) is 27.5 Å². The molecule has 0 radical (unpaired) electrons. The van der Waals surface area contributed by atoms with Crippen LogP contribution in [-0.4, -0.2) is 15.5 Å². The van der Waals surface area contributed by atoms with Crippen molar-refractivity contribution in [1.82, 2.24) is 9.55 Å². The number of fused-ring (bicyclic) bond motifs is 2. The minimum Gasteiger partial charge on any atom is -0.324 e. The Morgan fingerprint density at radius 1 is 1.00 bits per heavy atom. The van der Waals surface area contributed by atoms with Gasteiger partial charge in [-0.3, -0.25) is 4.79 Å². The van der Waals surface area contributed by atoms with Crippen molar-refractivity contribution < 1.29 is 4.79 Å². The number of hydrogen-bond acceptors (Lipinski definition) is 2. The molecule has 0 saturated heterocycles. The molecule has 1 heterocycles. The van der Waals surface area contributed by atoms with Gasteiger partial charge in [0.25, 0.3) is 0 Å². The Bertz CT molecular complexity index is 1030. The van der Waals surface area contributed by atoms with Gasteiger partial charge in [-0.25, -0.2) is 4.98 Å². The van der Waals surface area contributed by atoms with E-state index in [0.29, 0.717) is 0 Å². The number of amides is 1. The van der Waals surface area contributed by atoms with Crippen LogP contribution in [0.5, 0.6) is 0 Å². The molecule has 4 heteroatoms. The molecule has 0 spiro atoms. The number of anilines is 1. The van der Waals surface area contributed by atoms with Gasteiger partial charge < -0.3 is 9.88 Å². The van der Waals surface area contributed by atoms with E-state index in [2.05, 4.69) is 10.3 Å². The zero-order valence-corrected chi connectivity index (χ0v) is 13.3. The van der Waals surface area contributed by atoms with Crippen molar-refractivity contribution in [3.05, 3.63) is 73.1 Å². The molecule has 4 nitrogen and oxygen atoms in total. The maximum Gasteiger partial charge on any atom is 0.247 e. The summed E-state index contributed by atoms with van der Waals surface area (Å²) in [7, 11) is 0. The second-order valence-electron chi connectivity index (χ2n) is 5.83. The third-order valence-corrected chi connectivity index (χ3v) is 4.33. The van der Waals surface area contributed by atoms with E-state index in [9.17, 15) is 4.79 Å². The van der Waals surface area contributed by atoms with Crippen LogP contribution in [0.15, 0.2) is 73.1 Å². The fraction of sp³-hybridized carbons (Fsp3) is 0.100. The number of nitrogens with one attached hydrogen (secondary N) is 1. The van der Waals surface area contributed by atoms with Crippen LogP contribution in [0.4, 0.5) is 5.69 Å². The smallest absolute Gasteiger partial charge is 0.247 e. The first-order chi connectivity index (χ1) is 11.7. The van der Waals surface area contributed by atoms with Gasteiger partial charge in [0.15, 0.2) is 0 Å². The molecule has 118 valence electrons. The van der Waals surface area contributed by atoms with E-state index in [1.807, 2.05) is 78.2 Å². The predicted molar refractivity (Wildman–Crippen MR) is 97.0 cm³/mol. The van der Waals surface area contributed by atoms with E-state index in [1.165, 1.54) is 0 Å². The Morgan fingerprint density at radius 3 is 2.67 bits per heavy atom. The highest BCUT2D eigenvalue weighted by atomic mass is 16.2. The minimum absolute atomic E-state index is 0.0606. The van der Waals surface area contributed by atoms with Gasteiger partial charge in [-0.1, -0.05) is 48.5 Å². The zero-order valence-electron chi connectivity index (χ0n) is 13.3. The summed E-state index contributed by atoms with van der Waals surface area (Å²) >= 11 is 0. The van der Waals surface area contributed by atoms with Crippen LogP contribution < -0.4 is 5.32 Å². The van der Waals surface area contributed by atoms with E-state index < -0.39 is 0 Å². The fourth-order valence-corrected chi connectivity index (χ4v) is 2.98. The van der Waals surface area contributed by atoms with Gasteiger partial charge in [0.1, 0.15) is 6.04 Å². The number of carbonyl (C=O) groups excluding carboxylic acids is 1. The molecule has 24 heavy (non-hydrogen) atoms. The molecule has 0 saturated carbocycles. The third kappa shape index (κ3) is 2.42. The second kappa shape index (κ2) is 5.81. The Morgan fingerprint density at radius 2 is 1.75 bits per heavy atom. The second-order valence-corrected chi connectivity index (χ2v) is 5.83. The average molecular weight is 315 g/mol. The van der Waals surface area contributed by atoms with Crippen LogP contribution in [-0.2, 0) is 4.79 Å². The number of nitrogens with zero attached hydrogens (tertiary/aromatic N) is 2. The van der Waals surface area contributed by atoms with Crippen molar-refractivity contribution in [2.75, 3.05) is 5.32 Å². The Balaban J connectivity index is 1.66. The van der Waals surface area contributed by atoms with Gasteiger partial charge in [-0.2, -0.15) is 0 Å². The molecule has 0 aliphatic carbocycles. The van der Waals surface area contributed by atoms with E-state index in [1.54, 1.807) is 6.33 Å². The highest BCUT2D eigenvalue weighted by Gasteiger charge is 2.17. The molecule has 0 aliphatic rings. The van der Waals surface area contributed by atoms with Gasteiger partial charge in [0, 0.05) is 11.1 Å². The Kier molecular flexibility index (Phi) is 3.50. The van der Waals surface area contributed by atoms with Crippen LogP contribution >= 0.6 is 0 Å². The van der Waals surface area contributed by atoms with Crippen molar-refractivity contribution in [2.45, 2.75) is 13.0 Å². The number of imidazole rings is 1. The quantitative estimate of drug-likeness (QED) is 0.609. The van der Waals surface area contributed by atoms with Crippen LogP contribution in [0.25, 0.3) is 21.8 Å². The van der Waals surface area contributed by atoms with Gasteiger partial charge in [0.05, 0.1) is 17.4 Å². The molecule has 1 amide bonds. The van der Waals surface area contributed by atoms with Gasteiger partial charge in [-0.15, -0.1) is 0 Å². The number of carbonyl (C=O) groups is 1. The number of para-hydroxylation sites is 2. The molecule has 1 aromatic heterocycles. The van der Waals surface area contributed by atoms with E-state index in [-0.39, 0.29) is 11.9 Å². The minimum atomic E-state index is -0.351. The highest BCUT2D eigenvalue weighted by molar-refractivity contribution is 6.03. The van der Waals surface area contributed by atoms with Crippen LogP contribution in [0.3, 0.4) is 0 Å². The van der Waals surface area contributed by atoms with E-state index >= 15 is 0 Å². The lowest BCUT2D eigenvalue weighted by molar-refractivity contribution is -0.118. The summed E-state index contributed by atoms with van der Waals surface area (Å²) in [5, 5.41) is 5.20. The monoisotopic (exact) mass is 315 g/mol. The first kappa shape index (κ1) is 14.5. The van der Waals surface area contributed by atoms with Crippen LogP contribution in [0, 0.1) is 0 Å². The Labute approximate surface area is 139 Å². The number of hydrogen-bond donors (Lipinski definition) is 1. The summed E-state index contributed by atoms with van der Waals surface area (Å²) in [5.41, 5.74) is 2.68. The molecule has 0 aliphatic heterocycles. The maximum atomic E-state index is 12.7. The summed E-state index contributed by atoms with van der Waals surface area (Å²) in [6.45, 7) is 1.88. The summed E-state index contributed by atoms with van der Waals surface area (Å²) in [6.07, 6.45) is 1.72. The van der Waals surface area contributed by atoms with Crippen molar-refractivity contribution in [1.29, 1.82) is 0 Å². The standard InChI is InChI=1S/C20H17N3O/c1-14(23-13-21-18-10-4-5-12-19(18)23)20(24)22-17-11-6-8-15-7-2-3-9-16(15)17/h2-14H,1H3,(H,22,24). The van der Waals surface area contributed by atoms with Crippen molar-refractivity contribution in [2.24, 2.45) is 0 Å². The fourth-order valence-electron chi connectivity index (χ4n) is 2.98. The predicted octanol–water partition coefficient (Wildman–Crippen LogP) is 4.39.